The molecule has 0 aromatic heterocycles. The third-order valence-corrected chi connectivity index (χ3v) is 4.34. The Morgan fingerprint density at radius 1 is 1.48 bits per heavy atom. The SMILES string of the molecule is CS(=O)(=O)N1CC(CN=C(N)Nc2cc(F)ccc2F)C1. The van der Waals surface area contributed by atoms with E-state index in [0.29, 0.717) is 19.6 Å². The van der Waals surface area contributed by atoms with Crippen LogP contribution in [0.4, 0.5) is 14.5 Å². The summed E-state index contributed by atoms with van der Waals surface area (Å²) < 4.78 is 50.1. The van der Waals surface area contributed by atoms with Crippen molar-refractivity contribution < 1.29 is 17.2 Å². The smallest absolute Gasteiger partial charge is 0.211 e. The second-order valence-electron chi connectivity index (χ2n) is 4.92. The van der Waals surface area contributed by atoms with E-state index < -0.39 is 21.7 Å². The first kappa shape index (κ1) is 15.6. The van der Waals surface area contributed by atoms with Gasteiger partial charge in [0.2, 0.25) is 10.0 Å². The van der Waals surface area contributed by atoms with E-state index in [1.54, 1.807) is 0 Å². The molecular formula is C12H16F2N4O2S. The van der Waals surface area contributed by atoms with E-state index in [-0.39, 0.29) is 17.6 Å². The van der Waals surface area contributed by atoms with Gasteiger partial charge >= 0.3 is 0 Å². The number of hydrogen-bond donors (Lipinski definition) is 2. The van der Waals surface area contributed by atoms with E-state index in [2.05, 4.69) is 10.3 Å². The summed E-state index contributed by atoms with van der Waals surface area (Å²) in [4.78, 5) is 4.00. The van der Waals surface area contributed by atoms with Crippen LogP contribution in [-0.4, -0.2) is 44.6 Å². The van der Waals surface area contributed by atoms with Crippen molar-refractivity contribution >= 4 is 21.7 Å². The highest BCUT2D eigenvalue weighted by Crippen LogP contribution is 2.19. The number of anilines is 1. The Hall–Kier alpha value is -1.74. The molecule has 0 unspecified atom stereocenters. The van der Waals surface area contributed by atoms with Gasteiger partial charge in [0.1, 0.15) is 11.6 Å². The molecule has 6 nitrogen and oxygen atoms in total. The second kappa shape index (κ2) is 5.94. The lowest BCUT2D eigenvalue weighted by Gasteiger charge is -2.36. The molecule has 1 aromatic carbocycles. The van der Waals surface area contributed by atoms with Crippen LogP contribution < -0.4 is 11.1 Å². The molecule has 0 spiro atoms. The molecule has 9 heteroatoms. The lowest BCUT2D eigenvalue weighted by atomic mass is 10.0. The van der Waals surface area contributed by atoms with Gasteiger partial charge in [-0.2, -0.15) is 0 Å². The molecule has 1 aliphatic heterocycles. The lowest BCUT2D eigenvalue weighted by Crippen LogP contribution is -2.50. The summed E-state index contributed by atoms with van der Waals surface area (Å²) in [7, 11) is -3.15. The van der Waals surface area contributed by atoms with Crippen LogP contribution in [-0.2, 0) is 10.0 Å². The molecule has 0 atom stereocenters. The molecule has 0 radical (unpaired) electrons. The normalized spacial score (nSPS) is 17.6. The molecular weight excluding hydrogens is 302 g/mol. The van der Waals surface area contributed by atoms with Crippen LogP contribution in [0.5, 0.6) is 0 Å². The number of nitrogens with zero attached hydrogens (tertiary/aromatic N) is 2. The number of guanidine groups is 1. The minimum atomic E-state index is -3.15. The third-order valence-electron chi connectivity index (χ3n) is 3.10. The van der Waals surface area contributed by atoms with Crippen molar-refractivity contribution in [2.45, 2.75) is 0 Å². The Balaban J connectivity index is 1.87. The summed E-state index contributed by atoms with van der Waals surface area (Å²) >= 11 is 0. The zero-order chi connectivity index (χ0) is 15.6. The van der Waals surface area contributed by atoms with Gasteiger partial charge in [-0.3, -0.25) is 4.99 Å². The van der Waals surface area contributed by atoms with Gasteiger partial charge in [-0.05, 0) is 12.1 Å². The van der Waals surface area contributed by atoms with E-state index >= 15 is 0 Å². The maximum atomic E-state index is 13.4. The molecule has 3 N–H and O–H groups in total. The van der Waals surface area contributed by atoms with Crippen molar-refractivity contribution in [1.29, 1.82) is 0 Å². The van der Waals surface area contributed by atoms with Crippen molar-refractivity contribution in [3.05, 3.63) is 29.8 Å². The number of nitrogens with two attached hydrogens (primary N) is 1. The van der Waals surface area contributed by atoms with Crippen LogP contribution in [0.15, 0.2) is 23.2 Å². The van der Waals surface area contributed by atoms with Crippen molar-refractivity contribution in [2.24, 2.45) is 16.6 Å². The van der Waals surface area contributed by atoms with E-state index in [0.717, 1.165) is 24.5 Å². The van der Waals surface area contributed by atoms with Gasteiger partial charge in [0.15, 0.2) is 5.96 Å². The fourth-order valence-corrected chi connectivity index (χ4v) is 2.87. The minimum Gasteiger partial charge on any atom is -0.370 e. The number of sulfonamides is 1. The van der Waals surface area contributed by atoms with E-state index in [1.807, 2.05) is 0 Å². The van der Waals surface area contributed by atoms with Gasteiger partial charge in [0.25, 0.3) is 0 Å². The molecule has 0 amide bonds. The number of aliphatic imine (C=N–C) groups is 1. The number of halogens is 2. The molecule has 0 bridgehead atoms. The summed E-state index contributed by atoms with van der Waals surface area (Å²) in [6.07, 6.45) is 1.15. The third kappa shape index (κ3) is 4.11. The summed E-state index contributed by atoms with van der Waals surface area (Å²) in [5.74, 6) is -1.19. The summed E-state index contributed by atoms with van der Waals surface area (Å²) in [5, 5.41) is 2.48. The highest BCUT2D eigenvalue weighted by Gasteiger charge is 2.32. The molecule has 21 heavy (non-hydrogen) atoms. The van der Waals surface area contributed by atoms with Crippen molar-refractivity contribution in [2.75, 3.05) is 31.2 Å². The standard InChI is InChI=1S/C12H16F2N4O2S/c1-21(19,20)18-6-8(7-18)5-16-12(15)17-11-4-9(13)2-3-10(11)14/h2-4,8H,5-7H2,1H3,(H3,15,16,17). The average Bonchev–Trinajstić information content (AvgIpc) is 2.30. The minimum absolute atomic E-state index is 0.0442. The quantitative estimate of drug-likeness (QED) is 0.628. The first-order chi connectivity index (χ1) is 9.75. The number of hydrogen-bond acceptors (Lipinski definition) is 3. The first-order valence-electron chi connectivity index (χ1n) is 6.23. The number of rotatable bonds is 4. The van der Waals surface area contributed by atoms with E-state index in [1.165, 1.54) is 4.31 Å². The van der Waals surface area contributed by atoms with Crippen molar-refractivity contribution in [3.63, 3.8) is 0 Å². The first-order valence-corrected chi connectivity index (χ1v) is 8.07. The zero-order valence-electron chi connectivity index (χ0n) is 11.4. The molecule has 116 valence electrons. The average molecular weight is 318 g/mol. The van der Waals surface area contributed by atoms with Crippen molar-refractivity contribution in [1.82, 2.24) is 4.31 Å². The zero-order valence-corrected chi connectivity index (χ0v) is 12.2. The Kier molecular flexibility index (Phi) is 4.43. The second-order valence-corrected chi connectivity index (χ2v) is 6.90. The molecule has 0 saturated carbocycles. The Bertz CT molecular complexity index is 657. The maximum Gasteiger partial charge on any atom is 0.211 e. The topological polar surface area (TPSA) is 87.8 Å². The fraction of sp³-hybridized carbons (Fsp3) is 0.417. The van der Waals surface area contributed by atoms with Crippen LogP contribution >= 0.6 is 0 Å². The van der Waals surface area contributed by atoms with Gasteiger partial charge in [-0.25, -0.2) is 21.5 Å². The highest BCUT2D eigenvalue weighted by molar-refractivity contribution is 7.88. The van der Waals surface area contributed by atoms with Gasteiger partial charge in [0.05, 0.1) is 11.9 Å². The van der Waals surface area contributed by atoms with Crippen LogP contribution in [0, 0.1) is 17.6 Å². The number of benzene rings is 1. The maximum absolute atomic E-state index is 13.4. The summed E-state index contributed by atoms with van der Waals surface area (Å²) in [5.41, 5.74) is 5.50. The van der Waals surface area contributed by atoms with E-state index in [9.17, 15) is 17.2 Å². The van der Waals surface area contributed by atoms with E-state index in [4.69, 9.17) is 5.73 Å². The van der Waals surface area contributed by atoms with Crippen LogP contribution in [0.3, 0.4) is 0 Å². The molecule has 1 aromatic rings. The molecule has 1 fully saturated rings. The van der Waals surface area contributed by atoms with Crippen LogP contribution in [0.1, 0.15) is 0 Å². The van der Waals surface area contributed by atoms with Gasteiger partial charge in [0, 0.05) is 31.6 Å². The van der Waals surface area contributed by atoms with Gasteiger partial charge < -0.3 is 11.1 Å². The molecule has 1 heterocycles. The predicted molar refractivity (Wildman–Crippen MR) is 76.4 cm³/mol. The monoisotopic (exact) mass is 318 g/mol. The van der Waals surface area contributed by atoms with Crippen LogP contribution in [0.2, 0.25) is 0 Å². The Labute approximate surface area is 121 Å². The molecule has 1 saturated heterocycles. The predicted octanol–water partition coefficient (Wildman–Crippen LogP) is 0.583. The molecule has 1 aliphatic rings. The van der Waals surface area contributed by atoms with Gasteiger partial charge in [-0.1, -0.05) is 0 Å². The highest BCUT2D eigenvalue weighted by atomic mass is 32.2. The largest absolute Gasteiger partial charge is 0.370 e. The molecule has 0 aliphatic carbocycles. The van der Waals surface area contributed by atoms with Crippen LogP contribution in [0.25, 0.3) is 0 Å². The molecule has 2 rings (SSSR count). The lowest BCUT2D eigenvalue weighted by molar-refractivity contribution is 0.209. The summed E-state index contributed by atoms with van der Waals surface area (Å²) in [6.45, 7) is 1.11. The Morgan fingerprint density at radius 2 is 2.14 bits per heavy atom. The van der Waals surface area contributed by atoms with Crippen molar-refractivity contribution in [3.8, 4) is 0 Å². The summed E-state index contributed by atoms with van der Waals surface area (Å²) in [6, 6.07) is 2.97. The number of nitrogens with one attached hydrogen (secondary N) is 1. The fourth-order valence-electron chi connectivity index (χ4n) is 1.91. The van der Waals surface area contributed by atoms with Gasteiger partial charge in [-0.15, -0.1) is 0 Å². The Morgan fingerprint density at radius 3 is 2.76 bits per heavy atom.